The Balaban J connectivity index is 2.30. The van der Waals surface area contributed by atoms with Crippen LogP contribution in [0.25, 0.3) is 0 Å². The van der Waals surface area contributed by atoms with Crippen LogP contribution < -0.4 is 5.73 Å². The lowest BCUT2D eigenvalue weighted by Gasteiger charge is -2.22. The van der Waals surface area contributed by atoms with Crippen molar-refractivity contribution < 1.29 is 16.8 Å². The average Bonchev–Trinajstić information content (AvgIpc) is 2.94. The zero-order valence-corrected chi connectivity index (χ0v) is 12.9. The van der Waals surface area contributed by atoms with E-state index < -0.39 is 25.9 Å². The van der Waals surface area contributed by atoms with Crippen LogP contribution in [0.1, 0.15) is 11.3 Å². The van der Waals surface area contributed by atoms with Gasteiger partial charge in [0.25, 0.3) is 0 Å². The van der Waals surface area contributed by atoms with Crippen LogP contribution in [-0.4, -0.2) is 45.7 Å². The van der Waals surface area contributed by atoms with Crippen molar-refractivity contribution in [3.8, 4) is 0 Å². The summed E-state index contributed by atoms with van der Waals surface area (Å²) in [5.74, 6) is -0.0598. The number of rotatable bonds is 4. The molecule has 0 saturated carbocycles. The van der Waals surface area contributed by atoms with Crippen molar-refractivity contribution in [1.82, 2.24) is 4.31 Å². The van der Waals surface area contributed by atoms with Crippen molar-refractivity contribution in [1.29, 1.82) is 0 Å². The van der Waals surface area contributed by atoms with Gasteiger partial charge in [-0.25, -0.2) is 16.8 Å². The predicted molar refractivity (Wildman–Crippen MR) is 74.2 cm³/mol. The summed E-state index contributed by atoms with van der Waals surface area (Å²) in [4.78, 5) is 0.777. The van der Waals surface area contributed by atoms with Crippen molar-refractivity contribution in [2.24, 2.45) is 5.73 Å². The highest BCUT2D eigenvalue weighted by molar-refractivity contribution is 7.92. The molecule has 2 N–H and O–H groups in total. The first-order valence-electron chi connectivity index (χ1n) is 5.73. The van der Waals surface area contributed by atoms with Crippen molar-refractivity contribution in [3.05, 3.63) is 16.3 Å². The summed E-state index contributed by atoms with van der Waals surface area (Å²) < 4.78 is 49.0. The van der Waals surface area contributed by atoms with E-state index in [1.165, 1.54) is 28.8 Å². The van der Waals surface area contributed by atoms with Crippen LogP contribution >= 0.6 is 11.3 Å². The van der Waals surface area contributed by atoms with E-state index in [-0.39, 0.29) is 22.9 Å². The first-order valence-corrected chi connectivity index (χ1v) is 9.87. The lowest BCUT2D eigenvalue weighted by Crippen LogP contribution is -2.38. The van der Waals surface area contributed by atoms with Gasteiger partial charge in [0, 0.05) is 24.5 Å². The fourth-order valence-corrected chi connectivity index (χ4v) is 6.68. The van der Waals surface area contributed by atoms with E-state index in [1.54, 1.807) is 5.38 Å². The number of hydrogen-bond donors (Lipinski definition) is 1. The highest BCUT2D eigenvalue weighted by Crippen LogP contribution is 2.28. The zero-order chi connectivity index (χ0) is 14.3. The summed E-state index contributed by atoms with van der Waals surface area (Å²) in [6.07, 6.45) is 0.347. The molecule has 19 heavy (non-hydrogen) atoms. The van der Waals surface area contributed by atoms with Gasteiger partial charge in [-0.15, -0.1) is 11.3 Å². The molecule has 0 aliphatic carbocycles. The highest BCUT2D eigenvalue weighted by Gasteiger charge is 2.37. The van der Waals surface area contributed by atoms with Gasteiger partial charge < -0.3 is 5.73 Å². The van der Waals surface area contributed by atoms with E-state index in [0.29, 0.717) is 11.3 Å². The Hall–Kier alpha value is -0.480. The van der Waals surface area contributed by atoms with Crippen molar-refractivity contribution >= 4 is 31.2 Å². The number of thiophene rings is 1. The minimum Gasteiger partial charge on any atom is -0.326 e. The molecule has 0 amide bonds. The molecular weight excluding hydrogens is 308 g/mol. The van der Waals surface area contributed by atoms with Crippen LogP contribution in [0.15, 0.2) is 16.3 Å². The highest BCUT2D eigenvalue weighted by atomic mass is 32.2. The zero-order valence-electron chi connectivity index (χ0n) is 10.4. The van der Waals surface area contributed by atoms with Gasteiger partial charge >= 0.3 is 0 Å². The van der Waals surface area contributed by atoms with Gasteiger partial charge in [0.15, 0.2) is 9.84 Å². The topological polar surface area (TPSA) is 97.5 Å². The monoisotopic (exact) mass is 324 g/mol. The maximum atomic E-state index is 12.5. The Morgan fingerprint density at radius 3 is 2.74 bits per heavy atom. The largest absolute Gasteiger partial charge is 0.326 e. The number of sulfone groups is 1. The second-order valence-electron chi connectivity index (χ2n) is 4.49. The second kappa shape index (κ2) is 5.13. The van der Waals surface area contributed by atoms with Crippen molar-refractivity contribution in [3.63, 3.8) is 0 Å². The number of hydrogen-bond acceptors (Lipinski definition) is 6. The summed E-state index contributed by atoms with van der Waals surface area (Å²) in [6.45, 7) is 0.156. The second-order valence-corrected chi connectivity index (χ2v) is 9.69. The molecule has 2 rings (SSSR count). The summed E-state index contributed by atoms with van der Waals surface area (Å²) in [6, 6.07) is 1.03. The van der Waals surface area contributed by atoms with Gasteiger partial charge in [-0.2, -0.15) is 4.31 Å². The SMILES string of the molecule is CN(C1CCS(=O)(=O)C1)S(=O)(=O)c1ccsc1CN. The van der Waals surface area contributed by atoms with Crippen LogP contribution in [0.3, 0.4) is 0 Å². The summed E-state index contributed by atoms with van der Waals surface area (Å²) in [5.41, 5.74) is 5.52. The van der Waals surface area contributed by atoms with E-state index in [4.69, 9.17) is 5.73 Å². The van der Waals surface area contributed by atoms with Gasteiger partial charge in [0.2, 0.25) is 10.0 Å². The molecule has 1 atom stereocenters. The average molecular weight is 324 g/mol. The minimum atomic E-state index is -3.67. The molecule has 1 unspecified atom stereocenters. The van der Waals surface area contributed by atoms with Gasteiger partial charge in [-0.05, 0) is 17.9 Å². The molecule has 1 saturated heterocycles. The lowest BCUT2D eigenvalue weighted by atomic mass is 10.3. The Morgan fingerprint density at radius 1 is 1.53 bits per heavy atom. The quantitative estimate of drug-likeness (QED) is 0.841. The molecule has 1 aromatic heterocycles. The molecule has 1 aromatic rings. The van der Waals surface area contributed by atoms with E-state index in [9.17, 15) is 16.8 Å². The normalized spacial score (nSPS) is 23.0. The summed E-state index contributed by atoms with van der Waals surface area (Å²) in [5, 5.41) is 1.67. The molecule has 6 nitrogen and oxygen atoms in total. The van der Waals surface area contributed by atoms with E-state index >= 15 is 0 Å². The Bertz CT molecular complexity index is 663. The maximum Gasteiger partial charge on any atom is 0.244 e. The van der Waals surface area contributed by atoms with Crippen molar-refractivity contribution in [2.45, 2.75) is 23.9 Å². The molecule has 1 aliphatic heterocycles. The molecule has 2 heterocycles. The van der Waals surface area contributed by atoms with Crippen LogP contribution in [0.5, 0.6) is 0 Å². The van der Waals surface area contributed by atoms with Crippen molar-refractivity contribution in [2.75, 3.05) is 18.6 Å². The number of nitrogens with two attached hydrogens (primary N) is 1. The molecule has 0 bridgehead atoms. The number of nitrogens with zero attached hydrogens (tertiary/aromatic N) is 1. The first-order chi connectivity index (χ1) is 8.78. The van der Waals surface area contributed by atoms with Gasteiger partial charge in [-0.1, -0.05) is 0 Å². The van der Waals surface area contributed by atoms with Crippen LogP contribution in [0.2, 0.25) is 0 Å². The number of sulfonamides is 1. The van der Waals surface area contributed by atoms with E-state index in [0.717, 1.165) is 0 Å². The lowest BCUT2D eigenvalue weighted by molar-refractivity contribution is 0.393. The van der Waals surface area contributed by atoms with Gasteiger partial charge in [0.05, 0.1) is 16.4 Å². The molecular formula is C10H16N2O4S3. The molecule has 0 radical (unpaired) electrons. The molecule has 9 heteroatoms. The van der Waals surface area contributed by atoms with Crippen LogP contribution in [-0.2, 0) is 26.4 Å². The third kappa shape index (κ3) is 2.84. The Kier molecular flexibility index (Phi) is 4.03. The summed E-state index contributed by atoms with van der Waals surface area (Å²) >= 11 is 1.29. The van der Waals surface area contributed by atoms with E-state index in [1.807, 2.05) is 0 Å². The predicted octanol–water partition coefficient (Wildman–Crippen LogP) is 0.0144. The first kappa shape index (κ1) is 14.9. The fourth-order valence-electron chi connectivity index (χ4n) is 2.12. The minimum absolute atomic E-state index is 0.0465. The summed E-state index contributed by atoms with van der Waals surface area (Å²) in [7, 11) is -5.36. The van der Waals surface area contributed by atoms with Crippen LogP contribution in [0, 0.1) is 0 Å². The molecule has 0 spiro atoms. The molecule has 1 aliphatic rings. The molecule has 108 valence electrons. The van der Waals surface area contributed by atoms with E-state index in [2.05, 4.69) is 0 Å². The third-order valence-electron chi connectivity index (χ3n) is 3.27. The van der Waals surface area contributed by atoms with Crippen LogP contribution in [0.4, 0.5) is 0 Å². The third-order valence-corrected chi connectivity index (χ3v) is 8.09. The van der Waals surface area contributed by atoms with Gasteiger partial charge in [-0.3, -0.25) is 0 Å². The Morgan fingerprint density at radius 2 is 2.21 bits per heavy atom. The standard InChI is InChI=1S/C10H16N2O4S3/c1-12(8-3-5-18(13,14)7-8)19(15,16)10-2-4-17-9(10)6-11/h2,4,8H,3,5-7,11H2,1H3. The maximum absolute atomic E-state index is 12.5. The fraction of sp³-hybridized carbons (Fsp3) is 0.600. The molecule has 0 aromatic carbocycles. The smallest absolute Gasteiger partial charge is 0.244 e. The molecule has 1 fully saturated rings. The Labute approximate surface area is 117 Å². The van der Waals surface area contributed by atoms with Gasteiger partial charge in [0.1, 0.15) is 0 Å².